The van der Waals surface area contributed by atoms with Crippen molar-refractivity contribution in [3.63, 3.8) is 0 Å². The normalized spacial score (nSPS) is 14.9. The van der Waals surface area contributed by atoms with Crippen LogP contribution in [0.4, 0.5) is 0 Å². The summed E-state index contributed by atoms with van der Waals surface area (Å²) in [7, 11) is 4.01. The molecule has 1 fully saturated rings. The molecule has 6 heteroatoms. The van der Waals surface area contributed by atoms with E-state index in [2.05, 4.69) is 17.3 Å². The van der Waals surface area contributed by atoms with Crippen LogP contribution in [0.3, 0.4) is 0 Å². The molecule has 2 amide bonds. The van der Waals surface area contributed by atoms with Gasteiger partial charge >= 0.3 is 0 Å². The largest absolute Gasteiger partial charge is 0.493 e. The van der Waals surface area contributed by atoms with Crippen molar-refractivity contribution in [2.24, 2.45) is 0 Å². The molecule has 0 aliphatic carbocycles. The molecule has 1 aliphatic rings. The smallest absolute Gasteiger partial charge is 0.253 e. The number of hydrogen-bond donors (Lipinski definition) is 1. The zero-order valence-electron chi connectivity index (χ0n) is 17.8. The first-order valence-corrected chi connectivity index (χ1v) is 10.5. The third-order valence-corrected chi connectivity index (χ3v) is 5.59. The fourth-order valence-corrected chi connectivity index (χ4v) is 3.58. The Hall–Kier alpha value is -2.86. The Morgan fingerprint density at radius 3 is 2.40 bits per heavy atom. The van der Waals surface area contributed by atoms with Gasteiger partial charge in [-0.15, -0.1) is 0 Å². The van der Waals surface area contributed by atoms with Crippen molar-refractivity contribution in [1.29, 1.82) is 0 Å². The van der Waals surface area contributed by atoms with E-state index < -0.39 is 0 Å². The Morgan fingerprint density at radius 1 is 1.07 bits per heavy atom. The zero-order valence-corrected chi connectivity index (χ0v) is 17.8. The van der Waals surface area contributed by atoms with Crippen molar-refractivity contribution in [3.05, 3.63) is 65.7 Å². The van der Waals surface area contributed by atoms with Crippen molar-refractivity contribution in [3.8, 4) is 5.75 Å². The van der Waals surface area contributed by atoms with Gasteiger partial charge < -0.3 is 19.9 Å². The maximum Gasteiger partial charge on any atom is 0.253 e. The van der Waals surface area contributed by atoms with Crippen LogP contribution in [0.25, 0.3) is 0 Å². The number of hydrogen-bond acceptors (Lipinski definition) is 4. The first-order valence-electron chi connectivity index (χ1n) is 10.5. The lowest BCUT2D eigenvalue weighted by atomic mass is 10.0. The lowest BCUT2D eigenvalue weighted by molar-refractivity contribution is -0.121. The number of piperidine rings is 1. The summed E-state index contributed by atoms with van der Waals surface area (Å²) >= 11 is 0. The molecule has 1 aliphatic heterocycles. The molecule has 2 aromatic carbocycles. The fraction of sp³-hybridized carbons (Fsp3) is 0.417. The van der Waals surface area contributed by atoms with E-state index in [-0.39, 0.29) is 11.8 Å². The molecule has 0 bridgehead atoms. The lowest BCUT2D eigenvalue weighted by Crippen LogP contribution is -2.44. The van der Waals surface area contributed by atoms with Crippen molar-refractivity contribution in [2.45, 2.75) is 31.8 Å². The van der Waals surface area contributed by atoms with Crippen molar-refractivity contribution < 1.29 is 14.3 Å². The van der Waals surface area contributed by atoms with Gasteiger partial charge in [0.05, 0.1) is 13.0 Å². The summed E-state index contributed by atoms with van der Waals surface area (Å²) in [5.41, 5.74) is 1.65. The second-order valence-electron chi connectivity index (χ2n) is 7.84. The highest BCUT2D eigenvalue weighted by Crippen LogP contribution is 2.17. The standard InChI is InChI=1S/C24H31N3O3/c1-26-15-12-21(13-16-26)27(2)24(29)20-10-8-19(9-11-20)18-25-23(28)14-17-30-22-6-4-3-5-7-22/h3-11,21H,12-18H2,1-2H3,(H,25,28). The number of amides is 2. The Bertz CT molecular complexity index is 815. The van der Waals surface area contributed by atoms with Crippen molar-refractivity contribution in [1.82, 2.24) is 15.1 Å². The SMILES string of the molecule is CN1CCC(N(C)C(=O)c2ccc(CNC(=O)CCOc3ccccc3)cc2)CC1. The minimum atomic E-state index is -0.0620. The van der Waals surface area contributed by atoms with E-state index in [9.17, 15) is 9.59 Å². The third kappa shape index (κ3) is 6.32. The quantitative estimate of drug-likeness (QED) is 0.728. The molecule has 0 saturated carbocycles. The fourth-order valence-electron chi connectivity index (χ4n) is 3.58. The number of rotatable bonds is 8. The Labute approximate surface area is 178 Å². The zero-order chi connectivity index (χ0) is 21.3. The maximum atomic E-state index is 12.8. The van der Waals surface area contributed by atoms with E-state index >= 15 is 0 Å². The van der Waals surface area contributed by atoms with Crippen LogP contribution in [0.2, 0.25) is 0 Å². The predicted molar refractivity (Wildman–Crippen MR) is 117 cm³/mol. The van der Waals surface area contributed by atoms with Crippen LogP contribution < -0.4 is 10.1 Å². The summed E-state index contributed by atoms with van der Waals surface area (Å²) in [4.78, 5) is 28.9. The minimum absolute atomic E-state index is 0.0539. The van der Waals surface area contributed by atoms with Gasteiger partial charge in [-0.05, 0) is 62.8 Å². The molecule has 1 saturated heterocycles. The maximum absolute atomic E-state index is 12.8. The van der Waals surface area contributed by atoms with E-state index in [4.69, 9.17) is 4.74 Å². The molecule has 0 aromatic heterocycles. The molecule has 0 atom stereocenters. The number of nitrogens with zero attached hydrogens (tertiary/aromatic N) is 2. The number of ether oxygens (including phenoxy) is 1. The molecule has 0 radical (unpaired) electrons. The third-order valence-electron chi connectivity index (χ3n) is 5.59. The molecule has 2 aromatic rings. The van der Waals surface area contributed by atoms with Gasteiger partial charge in [0.1, 0.15) is 5.75 Å². The van der Waals surface area contributed by atoms with Gasteiger partial charge in [0.2, 0.25) is 5.91 Å². The summed E-state index contributed by atoms with van der Waals surface area (Å²) in [6.45, 7) is 2.82. The topological polar surface area (TPSA) is 61.9 Å². The summed E-state index contributed by atoms with van der Waals surface area (Å²) in [6.07, 6.45) is 2.32. The number of para-hydroxylation sites is 1. The molecule has 6 nitrogen and oxygen atoms in total. The van der Waals surface area contributed by atoms with Crippen LogP contribution in [0.15, 0.2) is 54.6 Å². The summed E-state index contributed by atoms with van der Waals surface area (Å²) < 4.78 is 5.54. The van der Waals surface area contributed by atoms with Crippen LogP contribution in [-0.4, -0.2) is 61.4 Å². The van der Waals surface area contributed by atoms with Gasteiger partial charge in [-0.1, -0.05) is 30.3 Å². The van der Waals surface area contributed by atoms with Gasteiger partial charge in [-0.3, -0.25) is 9.59 Å². The number of benzene rings is 2. The van der Waals surface area contributed by atoms with Crippen LogP contribution in [0, 0.1) is 0 Å². The molecule has 1 heterocycles. The number of carbonyl (C=O) groups is 2. The number of carbonyl (C=O) groups excluding carboxylic acids is 2. The molecule has 3 rings (SSSR count). The molecule has 0 spiro atoms. The molecule has 30 heavy (non-hydrogen) atoms. The average Bonchev–Trinajstić information content (AvgIpc) is 2.78. The van der Waals surface area contributed by atoms with Crippen molar-refractivity contribution >= 4 is 11.8 Å². The molecular formula is C24H31N3O3. The number of likely N-dealkylation sites (tertiary alicyclic amines) is 1. The first kappa shape index (κ1) is 21.8. The summed E-state index contributed by atoms with van der Waals surface area (Å²) in [5, 5.41) is 2.89. The second kappa shape index (κ2) is 10.8. The monoisotopic (exact) mass is 409 g/mol. The molecule has 160 valence electrons. The lowest BCUT2D eigenvalue weighted by Gasteiger charge is -2.35. The summed E-state index contributed by atoms with van der Waals surface area (Å²) in [6, 6.07) is 17.2. The van der Waals surface area contributed by atoms with Crippen LogP contribution in [-0.2, 0) is 11.3 Å². The highest BCUT2D eigenvalue weighted by atomic mass is 16.5. The highest BCUT2D eigenvalue weighted by molar-refractivity contribution is 5.94. The van der Waals surface area contributed by atoms with E-state index in [1.54, 1.807) is 0 Å². The Morgan fingerprint density at radius 2 is 1.73 bits per heavy atom. The van der Waals surface area contributed by atoms with E-state index in [1.807, 2.05) is 66.5 Å². The minimum Gasteiger partial charge on any atom is -0.493 e. The molecule has 0 unspecified atom stereocenters. The number of nitrogens with one attached hydrogen (secondary N) is 1. The Balaban J connectivity index is 1.41. The average molecular weight is 410 g/mol. The van der Waals surface area contributed by atoms with Crippen molar-refractivity contribution in [2.75, 3.05) is 33.8 Å². The predicted octanol–water partition coefficient (Wildman–Crippen LogP) is 2.94. The van der Waals surface area contributed by atoms with Gasteiger partial charge in [-0.25, -0.2) is 0 Å². The van der Waals surface area contributed by atoms with E-state index in [0.29, 0.717) is 31.2 Å². The highest BCUT2D eigenvalue weighted by Gasteiger charge is 2.24. The van der Waals surface area contributed by atoms with Crippen LogP contribution in [0.1, 0.15) is 35.2 Å². The molecular weight excluding hydrogens is 378 g/mol. The Kier molecular flexibility index (Phi) is 7.85. The first-order chi connectivity index (χ1) is 14.5. The van der Waals surface area contributed by atoms with Gasteiger partial charge in [-0.2, -0.15) is 0 Å². The van der Waals surface area contributed by atoms with E-state index in [1.165, 1.54) is 0 Å². The molecule has 1 N–H and O–H groups in total. The van der Waals surface area contributed by atoms with Gasteiger partial charge in [0.25, 0.3) is 5.91 Å². The summed E-state index contributed by atoms with van der Waals surface area (Å²) in [5.74, 6) is 0.752. The van der Waals surface area contributed by atoms with Crippen LogP contribution in [0.5, 0.6) is 5.75 Å². The van der Waals surface area contributed by atoms with Gasteiger partial charge in [0.15, 0.2) is 0 Å². The van der Waals surface area contributed by atoms with Crippen LogP contribution >= 0.6 is 0 Å². The second-order valence-corrected chi connectivity index (χ2v) is 7.84. The van der Waals surface area contributed by atoms with E-state index in [0.717, 1.165) is 37.2 Å². The van der Waals surface area contributed by atoms with Gasteiger partial charge in [0, 0.05) is 25.2 Å².